The van der Waals surface area contributed by atoms with Crippen molar-refractivity contribution in [2.45, 2.75) is 0 Å². The molecule has 0 aliphatic carbocycles. The number of hydrogen-bond acceptors (Lipinski definition) is 2. The summed E-state index contributed by atoms with van der Waals surface area (Å²) in [4.78, 5) is 11.2. The third-order valence-electron chi connectivity index (χ3n) is 2.87. The predicted molar refractivity (Wildman–Crippen MR) is 68.5 cm³/mol. The summed E-state index contributed by atoms with van der Waals surface area (Å²) >= 11 is 0. The molecule has 2 aromatic carbocycles. The van der Waals surface area contributed by atoms with Crippen LogP contribution in [-0.4, -0.2) is 21.0 Å². The van der Waals surface area contributed by atoms with Crippen LogP contribution in [0.5, 0.6) is 0 Å². The summed E-state index contributed by atoms with van der Waals surface area (Å²) in [6, 6.07) is 12.9. The van der Waals surface area contributed by atoms with E-state index in [1.807, 2.05) is 0 Å². The number of halogens is 1. The van der Waals surface area contributed by atoms with Gasteiger partial charge in [-0.2, -0.15) is 9.78 Å². The van der Waals surface area contributed by atoms with Gasteiger partial charge in [0.05, 0.1) is 5.52 Å². The van der Waals surface area contributed by atoms with E-state index in [1.165, 1.54) is 12.1 Å². The molecule has 94 valence electrons. The smallest absolute Gasteiger partial charge is 0.432 e. The molecule has 0 bridgehead atoms. The molecule has 0 saturated carbocycles. The molecule has 0 unspecified atom stereocenters. The fourth-order valence-corrected chi connectivity index (χ4v) is 2.06. The first kappa shape index (κ1) is 11.4. The summed E-state index contributed by atoms with van der Waals surface area (Å²) in [6.45, 7) is 0. The summed E-state index contributed by atoms with van der Waals surface area (Å²) in [5.41, 5.74) is 1.49. The third kappa shape index (κ3) is 1.85. The largest absolute Gasteiger partial charge is 0.463 e. The summed E-state index contributed by atoms with van der Waals surface area (Å²) in [6.07, 6.45) is -1.17. The summed E-state index contributed by atoms with van der Waals surface area (Å²) in [7, 11) is 0. The first-order valence-electron chi connectivity index (χ1n) is 5.64. The molecule has 3 aromatic rings. The maximum absolute atomic E-state index is 13.3. The van der Waals surface area contributed by atoms with Crippen molar-refractivity contribution in [3.63, 3.8) is 0 Å². The van der Waals surface area contributed by atoms with Gasteiger partial charge in [0.2, 0.25) is 0 Å². The minimum atomic E-state index is -1.17. The number of carbonyl (C=O) groups is 1. The first-order valence-corrected chi connectivity index (χ1v) is 5.64. The van der Waals surface area contributed by atoms with Gasteiger partial charge in [0.25, 0.3) is 0 Å². The lowest BCUT2D eigenvalue weighted by molar-refractivity contribution is 0.194. The first-order chi connectivity index (χ1) is 9.16. The second-order valence-corrected chi connectivity index (χ2v) is 4.07. The Balaban J connectivity index is 2.33. The maximum Gasteiger partial charge on any atom is 0.432 e. The fraction of sp³-hybridized carbons (Fsp3) is 0. The number of fused-ring (bicyclic) bond motifs is 1. The van der Waals surface area contributed by atoms with Crippen LogP contribution in [0.25, 0.3) is 22.2 Å². The summed E-state index contributed by atoms with van der Waals surface area (Å²) in [5.74, 6) is -0.383. The molecule has 1 N–H and O–H groups in total. The van der Waals surface area contributed by atoms with E-state index in [4.69, 9.17) is 5.11 Å². The standard InChI is InChI=1S/C14H9FN2O2/c15-10-5-3-4-9(8-10)13-11-6-1-2-7-12(11)17(16-13)14(18)19/h1-8H,(H,18,19). The Labute approximate surface area is 107 Å². The van der Waals surface area contributed by atoms with Gasteiger partial charge in [0.1, 0.15) is 11.5 Å². The molecular formula is C14H9FN2O2. The molecule has 1 aromatic heterocycles. The van der Waals surface area contributed by atoms with Crippen LogP contribution >= 0.6 is 0 Å². The van der Waals surface area contributed by atoms with Gasteiger partial charge in [-0.15, -0.1) is 0 Å². The van der Waals surface area contributed by atoms with Crippen molar-refractivity contribution in [2.75, 3.05) is 0 Å². The second-order valence-electron chi connectivity index (χ2n) is 4.07. The fourth-order valence-electron chi connectivity index (χ4n) is 2.06. The Morgan fingerprint density at radius 3 is 2.68 bits per heavy atom. The van der Waals surface area contributed by atoms with Gasteiger partial charge < -0.3 is 5.11 Å². The molecule has 0 saturated heterocycles. The highest BCUT2D eigenvalue weighted by atomic mass is 19.1. The monoisotopic (exact) mass is 256 g/mol. The Kier molecular flexibility index (Phi) is 2.52. The quantitative estimate of drug-likeness (QED) is 0.726. The van der Waals surface area contributed by atoms with E-state index in [0.29, 0.717) is 22.2 Å². The van der Waals surface area contributed by atoms with Gasteiger partial charge >= 0.3 is 6.09 Å². The molecule has 4 nitrogen and oxygen atoms in total. The normalized spacial score (nSPS) is 10.8. The van der Waals surface area contributed by atoms with Crippen molar-refractivity contribution < 1.29 is 14.3 Å². The number of benzene rings is 2. The Morgan fingerprint density at radius 2 is 1.95 bits per heavy atom. The minimum absolute atomic E-state index is 0.383. The number of nitrogens with zero attached hydrogens (tertiary/aromatic N) is 2. The van der Waals surface area contributed by atoms with E-state index < -0.39 is 6.09 Å². The average molecular weight is 256 g/mol. The number of rotatable bonds is 1. The van der Waals surface area contributed by atoms with E-state index in [-0.39, 0.29) is 5.82 Å². The molecule has 3 rings (SSSR count). The third-order valence-corrected chi connectivity index (χ3v) is 2.87. The molecule has 0 radical (unpaired) electrons. The number of para-hydroxylation sites is 1. The Hall–Kier alpha value is -2.69. The molecule has 0 aliphatic heterocycles. The van der Waals surface area contributed by atoms with Crippen molar-refractivity contribution in [2.24, 2.45) is 0 Å². The van der Waals surface area contributed by atoms with Gasteiger partial charge in [0, 0.05) is 10.9 Å². The molecular weight excluding hydrogens is 247 g/mol. The zero-order chi connectivity index (χ0) is 13.4. The summed E-state index contributed by atoms with van der Waals surface area (Å²) in [5, 5.41) is 13.9. The van der Waals surface area contributed by atoms with Crippen molar-refractivity contribution in [3.8, 4) is 11.3 Å². The second kappa shape index (κ2) is 4.20. The van der Waals surface area contributed by atoms with E-state index in [9.17, 15) is 9.18 Å². The van der Waals surface area contributed by atoms with Crippen LogP contribution in [0, 0.1) is 5.82 Å². The van der Waals surface area contributed by atoms with Crippen LogP contribution in [0.15, 0.2) is 48.5 Å². The average Bonchev–Trinajstić information content (AvgIpc) is 2.78. The number of aromatic nitrogens is 2. The van der Waals surface area contributed by atoms with Crippen LogP contribution in [0.3, 0.4) is 0 Å². The molecule has 5 heteroatoms. The van der Waals surface area contributed by atoms with Crippen molar-refractivity contribution in [1.29, 1.82) is 0 Å². The molecule has 0 spiro atoms. The zero-order valence-corrected chi connectivity index (χ0v) is 9.75. The topological polar surface area (TPSA) is 55.1 Å². The molecule has 0 amide bonds. The van der Waals surface area contributed by atoms with Gasteiger partial charge in [-0.1, -0.05) is 30.3 Å². The van der Waals surface area contributed by atoms with Crippen molar-refractivity contribution in [3.05, 3.63) is 54.3 Å². The van der Waals surface area contributed by atoms with Gasteiger partial charge in [0.15, 0.2) is 0 Å². The van der Waals surface area contributed by atoms with Crippen LogP contribution in [0.1, 0.15) is 0 Å². The van der Waals surface area contributed by atoms with Gasteiger partial charge in [-0.05, 0) is 18.2 Å². The Morgan fingerprint density at radius 1 is 1.16 bits per heavy atom. The number of carboxylic acid groups (broad SMARTS) is 1. The lowest BCUT2D eigenvalue weighted by Crippen LogP contribution is -2.09. The lowest BCUT2D eigenvalue weighted by atomic mass is 10.1. The zero-order valence-electron chi connectivity index (χ0n) is 9.75. The summed E-state index contributed by atoms with van der Waals surface area (Å²) < 4.78 is 14.2. The van der Waals surface area contributed by atoms with Gasteiger partial charge in [-0.25, -0.2) is 9.18 Å². The minimum Gasteiger partial charge on any atom is -0.463 e. The van der Waals surface area contributed by atoms with Crippen LogP contribution < -0.4 is 0 Å². The van der Waals surface area contributed by atoms with Crippen LogP contribution in [0.2, 0.25) is 0 Å². The van der Waals surface area contributed by atoms with E-state index in [2.05, 4.69) is 5.10 Å². The highest BCUT2D eigenvalue weighted by molar-refractivity contribution is 5.97. The highest BCUT2D eigenvalue weighted by Gasteiger charge is 2.15. The predicted octanol–water partition coefficient (Wildman–Crippen LogP) is 3.37. The molecule has 0 aliphatic rings. The van der Waals surface area contributed by atoms with E-state index >= 15 is 0 Å². The molecule has 19 heavy (non-hydrogen) atoms. The molecule has 1 heterocycles. The van der Waals surface area contributed by atoms with Crippen molar-refractivity contribution >= 4 is 17.0 Å². The molecule has 0 fully saturated rings. The van der Waals surface area contributed by atoms with Gasteiger partial charge in [-0.3, -0.25) is 0 Å². The highest BCUT2D eigenvalue weighted by Crippen LogP contribution is 2.28. The SMILES string of the molecule is O=C(O)n1nc(-c2cccc(F)c2)c2ccccc21. The number of hydrogen-bond donors (Lipinski definition) is 1. The maximum atomic E-state index is 13.3. The van der Waals surface area contributed by atoms with Crippen LogP contribution in [0.4, 0.5) is 9.18 Å². The molecule has 0 atom stereocenters. The lowest BCUT2D eigenvalue weighted by Gasteiger charge is -1.97. The van der Waals surface area contributed by atoms with Crippen LogP contribution in [-0.2, 0) is 0 Å². The van der Waals surface area contributed by atoms with Crippen molar-refractivity contribution in [1.82, 2.24) is 9.78 Å². The Bertz CT molecular complexity index is 780. The van der Waals surface area contributed by atoms with E-state index in [0.717, 1.165) is 4.68 Å². The van der Waals surface area contributed by atoms with E-state index in [1.54, 1.807) is 36.4 Å².